The topological polar surface area (TPSA) is 77.3 Å². The number of nitrogens with zero attached hydrogens (tertiary/aromatic N) is 6. The van der Waals surface area contributed by atoms with E-state index in [1.807, 2.05) is 6.07 Å². The van der Waals surface area contributed by atoms with Crippen molar-refractivity contribution in [2.75, 3.05) is 0 Å². The van der Waals surface area contributed by atoms with Gasteiger partial charge in [0.25, 0.3) is 0 Å². The third kappa shape index (κ3) is 13.5. The van der Waals surface area contributed by atoms with Crippen LogP contribution < -0.4 is 0 Å². The van der Waals surface area contributed by atoms with Crippen molar-refractivity contribution in [2.24, 2.45) is 0 Å². The number of hydrogen-bond acceptors (Lipinski definition) is 6. The molecule has 6 heteroatoms. The van der Waals surface area contributed by atoms with E-state index >= 15 is 0 Å². The molecule has 2 heterocycles. The maximum atomic E-state index is 5.20. The van der Waals surface area contributed by atoms with Gasteiger partial charge in [-0.05, 0) is 214 Å². The third-order valence-electron chi connectivity index (χ3n) is 22.5. The van der Waals surface area contributed by atoms with Crippen LogP contribution in [0.2, 0.25) is 0 Å². The first-order valence-electron chi connectivity index (χ1n) is 39.3. The Hall–Kier alpha value is -15.5. The number of hydrogen-bond donors (Lipinski definition) is 0. The molecule has 0 fully saturated rings. The van der Waals surface area contributed by atoms with Gasteiger partial charge in [-0.25, -0.2) is 29.9 Å². The first-order chi connectivity index (χ1) is 57.4. The molecular weight excluding hydrogens is 1410 g/mol. The summed E-state index contributed by atoms with van der Waals surface area (Å²) in [6.07, 6.45) is 0. The Morgan fingerprint density at radius 3 is 0.828 bits per heavy atom. The molecule has 20 aromatic carbocycles. The van der Waals surface area contributed by atoms with E-state index < -0.39 is 0 Å². The zero-order valence-corrected chi connectivity index (χ0v) is 63.1. The Balaban J connectivity index is 0.000000145. The fourth-order valence-electron chi connectivity index (χ4n) is 16.4. The summed E-state index contributed by atoms with van der Waals surface area (Å²) >= 11 is 0. The van der Waals surface area contributed by atoms with Crippen LogP contribution in [0, 0.1) is 0 Å². The molecule has 22 aromatic rings. The van der Waals surface area contributed by atoms with Crippen molar-refractivity contribution < 1.29 is 0 Å². The molecule has 0 radical (unpaired) electrons. The monoisotopic (exact) mass is 1470 g/mol. The van der Waals surface area contributed by atoms with Crippen molar-refractivity contribution in [1.82, 2.24) is 29.9 Å². The summed E-state index contributed by atoms with van der Waals surface area (Å²) in [5.74, 6) is 3.81. The second-order valence-corrected chi connectivity index (χ2v) is 29.8. The van der Waals surface area contributed by atoms with Gasteiger partial charge in [-0.1, -0.05) is 364 Å². The van der Waals surface area contributed by atoms with E-state index in [1.165, 1.54) is 109 Å². The minimum atomic E-state index is 0.624. The number of fused-ring (bicyclic) bond motifs is 9. The highest BCUT2D eigenvalue weighted by molar-refractivity contribution is 6.09. The minimum Gasteiger partial charge on any atom is -0.208 e. The number of rotatable bonds is 12. The van der Waals surface area contributed by atoms with Gasteiger partial charge in [-0.15, -0.1) is 0 Å². The molecule has 0 saturated carbocycles. The molecule has 0 unspecified atom stereocenters. The van der Waals surface area contributed by atoms with Crippen LogP contribution in [0.15, 0.2) is 425 Å². The van der Waals surface area contributed by atoms with Crippen LogP contribution in [-0.2, 0) is 0 Å². The normalized spacial score (nSPS) is 11.4. The van der Waals surface area contributed by atoms with Crippen LogP contribution >= 0.6 is 0 Å². The largest absolute Gasteiger partial charge is 0.208 e. The summed E-state index contributed by atoms with van der Waals surface area (Å²) < 4.78 is 0. The Labute approximate surface area is 671 Å². The van der Waals surface area contributed by atoms with Gasteiger partial charge in [0.2, 0.25) is 0 Å². The van der Waals surface area contributed by atoms with E-state index in [0.717, 1.165) is 77.7 Å². The Morgan fingerprint density at radius 2 is 0.345 bits per heavy atom. The SMILES string of the molecule is c1cc(-c2ccc3cc(-c4ccc5ccccc5c4)ccc3c2)cc(-c2nc(-c3ccc4ccccc4c3)nc(-c3ccc4ccc5ccccc5c4c3)n2)c1.c1ccc(-c2ccccc2-c2nc(-c3ccc(-c4cccc5ccccc45)cc3)nc(-c3cccc(-c4ccc5cc(-c6ccc7ccccc7c6)ccc5c4)c3)n2)cc1. The van der Waals surface area contributed by atoms with Crippen molar-refractivity contribution in [3.8, 4) is 135 Å². The van der Waals surface area contributed by atoms with E-state index in [1.54, 1.807) is 0 Å². The lowest BCUT2D eigenvalue weighted by atomic mass is 9.96. The quantitative estimate of drug-likeness (QED) is 0.113. The van der Waals surface area contributed by atoms with Crippen molar-refractivity contribution in [2.45, 2.75) is 0 Å². The zero-order chi connectivity index (χ0) is 76.8. The van der Waals surface area contributed by atoms with Gasteiger partial charge >= 0.3 is 0 Å². The molecule has 0 aliphatic carbocycles. The van der Waals surface area contributed by atoms with Crippen LogP contribution in [0.5, 0.6) is 0 Å². The summed E-state index contributed by atoms with van der Waals surface area (Å²) in [4.78, 5) is 31.0. The predicted octanol–water partition coefficient (Wildman–Crippen LogP) is 29.0. The minimum absolute atomic E-state index is 0.624. The predicted molar refractivity (Wildman–Crippen MR) is 485 cm³/mol. The fraction of sp³-hybridized carbons (Fsp3) is 0. The van der Waals surface area contributed by atoms with Gasteiger partial charge < -0.3 is 0 Å². The van der Waals surface area contributed by atoms with E-state index in [4.69, 9.17) is 29.9 Å². The van der Waals surface area contributed by atoms with Crippen molar-refractivity contribution in [1.29, 1.82) is 0 Å². The maximum absolute atomic E-state index is 5.20. The van der Waals surface area contributed by atoms with Crippen molar-refractivity contribution in [3.63, 3.8) is 0 Å². The summed E-state index contributed by atoms with van der Waals surface area (Å²) in [7, 11) is 0. The lowest BCUT2D eigenvalue weighted by molar-refractivity contribution is 1.07. The van der Waals surface area contributed by atoms with Crippen LogP contribution in [0.4, 0.5) is 0 Å². The van der Waals surface area contributed by atoms with Crippen LogP contribution in [0.25, 0.3) is 221 Å². The second-order valence-electron chi connectivity index (χ2n) is 29.8. The molecule has 0 aliphatic heterocycles. The number of aromatic nitrogens is 6. The highest BCUT2D eigenvalue weighted by atomic mass is 15.0. The van der Waals surface area contributed by atoms with Gasteiger partial charge in [0.15, 0.2) is 34.9 Å². The Morgan fingerprint density at radius 1 is 0.103 bits per heavy atom. The molecule has 2 aromatic heterocycles. The standard InChI is InChI=1S/C57H37N3.C53H33N3/c1-2-13-39(14-3-1)53-21-8-9-22-54(53)57-59-55(42-27-25-41(26-28-42)52-23-11-17-40-15-6-7-20-51(40)52)58-56(60-57)50-19-10-18-44(37-50)45-30-31-49-36-48(33-32-47(49)35-45)46-29-24-38-12-4-5-16-43(38)34-46;1-3-11-38-28-42(21-16-34(38)8-1)44-25-24-43-29-41(22-23-45(43)30-44)40-13-7-14-46(32-40)51-54-52(47-26-17-35-9-2-4-12-39(35)31-47)56-53(55-51)48-27-20-37-19-18-36-10-5-6-15-49(36)50(37)33-48/h1-37H;1-33H. The first kappa shape index (κ1) is 68.5. The van der Waals surface area contributed by atoms with Crippen LogP contribution in [0.3, 0.4) is 0 Å². The van der Waals surface area contributed by atoms with E-state index in [-0.39, 0.29) is 0 Å². The molecule has 0 spiro atoms. The molecule has 0 N–H and O–H groups in total. The summed E-state index contributed by atoms with van der Waals surface area (Å²) in [5, 5.41) is 19.4. The van der Waals surface area contributed by atoms with Gasteiger partial charge in [0.05, 0.1) is 0 Å². The molecule has 0 saturated heterocycles. The van der Waals surface area contributed by atoms with Crippen LogP contribution in [0.1, 0.15) is 0 Å². The fourth-order valence-corrected chi connectivity index (χ4v) is 16.4. The lowest BCUT2D eigenvalue weighted by Gasteiger charge is -2.13. The molecule has 0 amide bonds. The van der Waals surface area contributed by atoms with Crippen LogP contribution in [-0.4, -0.2) is 29.9 Å². The Bertz CT molecular complexity index is 7590. The molecular formula is C110H70N6. The molecule has 116 heavy (non-hydrogen) atoms. The zero-order valence-electron chi connectivity index (χ0n) is 63.1. The molecule has 540 valence electrons. The second kappa shape index (κ2) is 29.6. The molecule has 0 atom stereocenters. The van der Waals surface area contributed by atoms with Gasteiger partial charge in [-0.2, -0.15) is 0 Å². The highest BCUT2D eigenvalue weighted by Gasteiger charge is 2.20. The van der Waals surface area contributed by atoms with Gasteiger partial charge in [0, 0.05) is 33.4 Å². The van der Waals surface area contributed by atoms with E-state index in [2.05, 4.69) is 419 Å². The lowest BCUT2D eigenvalue weighted by Crippen LogP contribution is -2.01. The first-order valence-corrected chi connectivity index (χ1v) is 39.3. The summed E-state index contributed by atoms with van der Waals surface area (Å²) in [6, 6.07) is 151. The summed E-state index contributed by atoms with van der Waals surface area (Å²) in [5.41, 5.74) is 19.5. The van der Waals surface area contributed by atoms with Gasteiger partial charge in [-0.3, -0.25) is 0 Å². The van der Waals surface area contributed by atoms with E-state index in [0.29, 0.717) is 34.9 Å². The average Bonchev–Trinajstić information content (AvgIpc) is 0.773. The highest BCUT2D eigenvalue weighted by Crippen LogP contribution is 2.40. The van der Waals surface area contributed by atoms with Gasteiger partial charge in [0.1, 0.15) is 0 Å². The third-order valence-corrected chi connectivity index (χ3v) is 22.5. The molecule has 22 rings (SSSR count). The maximum Gasteiger partial charge on any atom is 0.164 e. The number of benzene rings is 20. The van der Waals surface area contributed by atoms with Crippen molar-refractivity contribution >= 4 is 86.2 Å². The molecule has 6 nitrogen and oxygen atoms in total. The molecule has 0 aliphatic rings. The smallest absolute Gasteiger partial charge is 0.164 e. The Kier molecular flexibility index (Phi) is 17.5. The molecule has 0 bridgehead atoms. The van der Waals surface area contributed by atoms with Crippen molar-refractivity contribution in [3.05, 3.63) is 425 Å². The van der Waals surface area contributed by atoms with E-state index in [9.17, 15) is 0 Å². The summed E-state index contributed by atoms with van der Waals surface area (Å²) in [6.45, 7) is 0. The average molecular weight is 1480 g/mol.